The molecule has 3 N–H and O–H groups in total. The van der Waals surface area contributed by atoms with Crippen molar-refractivity contribution in [2.45, 2.75) is 38.5 Å². The Hall–Kier alpha value is -1.53. The summed E-state index contributed by atoms with van der Waals surface area (Å²) >= 11 is 10.4. The van der Waals surface area contributed by atoms with Crippen LogP contribution in [0.25, 0.3) is 0 Å². The van der Waals surface area contributed by atoms with E-state index >= 15 is 0 Å². The van der Waals surface area contributed by atoms with Gasteiger partial charge in [-0.25, -0.2) is 0 Å². The second-order valence-corrected chi connectivity index (χ2v) is 6.75. The maximum absolute atomic E-state index is 11.0. The number of carbonyl (C=O) groups is 3. The van der Waals surface area contributed by atoms with Crippen molar-refractivity contribution in [3.63, 3.8) is 0 Å². The van der Waals surface area contributed by atoms with E-state index in [1.54, 1.807) is 0 Å². The molecule has 3 rings (SSSR count). The van der Waals surface area contributed by atoms with Crippen molar-refractivity contribution in [3.8, 4) is 0 Å². The number of Topliss-reactive ketones (excluding diaryl/α,β-unsaturated/α-hetero) is 2. The number of hydrogen-bond acceptors (Lipinski definition) is 5. The number of aliphatic hydroxyl groups excluding tert-OH is 2. The van der Waals surface area contributed by atoms with Crippen LogP contribution in [0, 0.1) is 5.41 Å². The first-order chi connectivity index (χ1) is 10.8. The van der Waals surface area contributed by atoms with Gasteiger partial charge in [-0.15, -0.1) is 0 Å². The Morgan fingerprint density at radius 1 is 0.870 bits per heavy atom. The zero-order valence-electron chi connectivity index (χ0n) is 12.3. The van der Waals surface area contributed by atoms with Gasteiger partial charge < -0.3 is 15.5 Å². The lowest BCUT2D eigenvalue weighted by atomic mass is 9.73. The highest BCUT2D eigenvalue weighted by molar-refractivity contribution is 6.55. The summed E-state index contributed by atoms with van der Waals surface area (Å²) in [5.41, 5.74) is 0.384. The SMILES string of the molecule is O=C1C(O)=C(Cl)C(=O)C(O)=C1Cl.O=C1CC2(CCCCC2)CN1. The Labute approximate surface area is 143 Å². The van der Waals surface area contributed by atoms with E-state index in [2.05, 4.69) is 5.32 Å². The van der Waals surface area contributed by atoms with Crippen LogP contribution in [0.4, 0.5) is 0 Å². The monoisotopic (exact) mass is 361 g/mol. The number of nitrogens with one attached hydrogen (secondary N) is 1. The van der Waals surface area contributed by atoms with Crippen LogP contribution in [-0.2, 0) is 14.4 Å². The second kappa shape index (κ2) is 6.93. The van der Waals surface area contributed by atoms with Crippen LogP contribution in [0.3, 0.4) is 0 Å². The molecule has 2 fully saturated rings. The van der Waals surface area contributed by atoms with E-state index in [0.29, 0.717) is 5.41 Å². The molecule has 0 aromatic heterocycles. The Bertz CT molecular complexity index is 555. The lowest BCUT2D eigenvalue weighted by molar-refractivity contribution is -0.119. The predicted octanol–water partition coefficient (Wildman–Crippen LogP) is 2.61. The molecule has 1 aliphatic heterocycles. The van der Waals surface area contributed by atoms with Crippen molar-refractivity contribution in [2.24, 2.45) is 5.41 Å². The molecule has 0 unspecified atom stereocenters. The number of allylic oxidation sites excluding steroid dienone is 2. The van der Waals surface area contributed by atoms with Gasteiger partial charge in [0.05, 0.1) is 0 Å². The molecule has 2 aliphatic carbocycles. The Balaban J connectivity index is 0.000000167. The van der Waals surface area contributed by atoms with Crippen LogP contribution < -0.4 is 5.32 Å². The first-order valence-electron chi connectivity index (χ1n) is 7.31. The highest BCUT2D eigenvalue weighted by Gasteiger charge is 2.38. The quantitative estimate of drug-likeness (QED) is 0.575. The molecule has 0 bridgehead atoms. The van der Waals surface area contributed by atoms with Crippen LogP contribution in [0.1, 0.15) is 38.5 Å². The Morgan fingerprint density at radius 2 is 1.35 bits per heavy atom. The molecule has 1 saturated heterocycles. The smallest absolute Gasteiger partial charge is 0.244 e. The summed E-state index contributed by atoms with van der Waals surface area (Å²) in [5, 5.41) is 19.2. The Morgan fingerprint density at radius 3 is 1.74 bits per heavy atom. The molecule has 23 heavy (non-hydrogen) atoms. The largest absolute Gasteiger partial charge is 0.503 e. The van der Waals surface area contributed by atoms with Gasteiger partial charge in [0.25, 0.3) is 0 Å². The third kappa shape index (κ3) is 3.70. The summed E-state index contributed by atoms with van der Waals surface area (Å²) < 4.78 is 0. The van der Waals surface area contributed by atoms with Crippen LogP contribution in [-0.4, -0.2) is 34.2 Å². The third-order valence-corrected chi connectivity index (χ3v) is 5.06. The van der Waals surface area contributed by atoms with Crippen molar-refractivity contribution in [1.29, 1.82) is 0 Å². The summed E-state index contributed by atoms with van der Waals surface area (Å²) in [4.78, 5) is 32.6. The first kappa shape index (κ1) is 17.8. The first-order valence-corrected chi connectivity index (χ1v) is 8.06. The molecular formula is C15H17Cl2NO5. The molecule has 1 saturated carbocycles. The number of carbonyl (C=O) groups excluding carboxylic acids is 3. The molecule has 0 aromatic carbocycles. The van der Waals surface area contributed by atoms with Gasteiger partial charge in [-0.05, 0) is 18.3 Å². The van der Waals surface area contributed by atoms with E-state index in [-0.39, 0.29) is 5.91 Å². The lowest BCUT2D eigenvalue weighted by Crippen LogP contribution is -2.26. The normalized spacial score (nSPS) is 23.8. The minimum atomic E-state index is -1.06. The van der Waals surface area contributed by atoms with Crippen molar-refractivity contribution >= 4 is 40.7 Å². The minimum Gasteiger partial charge on any atom is -0.503 e. The average molecular weight is 362 g/mol. The van der Waals surface area contributed by atoms with Gasteiger partial charge in [0.1, 0.15) is 10.1 Å². The van der Waals surface area contributed by atoms with Gasteiger partial charge in [-0.3, -0.25) is 14.4 Å². The maximum Gasteiger partial charge on any atom is 0.244 e. The second-order valence-electron chi connectivity index (χ2n) is 6.00. The van der Waals surface area contributed by atoms with Gasteiger partial charge in [0, 0.05) is 13.0 Å². The number of hydrogen-bond donors (Lipinski definition) is 3. The number of aliphatic hydroxyl groups is 2. The van der Waals surface area contributed by atoms with Crippen LogP contribution in [0.15, 0.2) is 21.6 Å². The van der Waals surface area contributed by atoms with Crippen molar-refractivity contribution in [2.75, 3.05) is 6.54 Å². The zero-order chi connectivity index (χ0) is 17.2. The lowest BCUT2D eigenvalue weighted by Gasteiger charge is -2.31. The molecular weight excluding hydrogens is 345 g/mol. The van der Waals surface area contributed by atoms with E-state index in [1.807, 2.05) is 0 Å². The topological polar surface area (TPSA) is 104 Å². The fourth-order valence-electron chi connectivity index (χ4n) is 3.03. The van der Waals surface area contributed by atoms with Crippen molar-refractivity contribution < 1.29 is 24.6 Å². The molecule has 126 valence electrons. The number of rotatable bonds is 0. The summed E-state index contributed by atoms with van der Waals surface area (Å²) in [6, 6.07) is 0. The highest BCUT2D eigenvalue weighted by atomic mass is 35.5. The van der Waals surface area contributed by atoms with E-state index < -0.39 is 33.1 Å². The molecule has 0 radical (unpaired) electrons. The standard InChI is InChI=1S/C9H15NO.C6H2Cl2O4/c11-8-6-9(7-10-8)4-2-1-3-5-9;7-1-3(9)5(11)2(8)6(12)4(1)10/h1-7H2,(H,10,11);9,12H. The number of amides is 1. The summed E-state index contributed by atoms with van der Waals surface area (Å²) in [7, 11) is 0. The van der Waals surface area contributed by atoms with Crippen LogP contribution in [0.2, 0.25) is 0 Å². The van der Waals surface area contributed by atoms with Crippen molar-refractivity contribution in [1.82, 2.24) is 5.32 Å². The average Bonchev–Trinajstić information content (AvgIpc) is 2.91. The van der Waals surface area contributed by atoms with Crippen LogP contribution >= 0.6 is 23.2 Å². The molecule has 8 heteroatoms. The third-order valence-electron chi connectivity index (χ3n) is 4.35. The van der Waals surface area contributed by atoms with Gasteiger partial charge in [-0.2, -0.15) is 0 Å². The summed E-state index contributed by atoms with van der Waals surface area (Å²) in [6.45, 7) is 0.950. The van der Waals surface area contributed by atoms with Gasteiger partial charge in [0.15, 0.2) is 11.5 Å². The fourth-order valence-corrected chi connectivity index (χ4v) is 3.38. The fraction of sp³-hybridized carbons (Fsp3) is 0.533. The number of ketones is 2. The summed E-state index contributed by atoms with van der Waals surface area (Å²) in [5.74, 6) is -3.72. The molecule has 0 atom stereocenters. The van der Waals surface area contributed by atoms with Crippen LogP contribution in [0.5, 0.6) is 0 Å². The molecule has 1 amide bonds. The maximum atomic E-state index is 11.0. The van der Waals surface area contributed by atoms with E-state index in [0.717, 1.165) is 13.0 Å². The number of halogens is 2. The molecule has 6 nitrogen and oxygen atoms in total. The molecule has 3 aliphatic rings. The predicted molar refractivity (Wildman–Crippen MR) is 84.2 cm³/mol. The zero-order valence-corrected chi connectivity index (χ0v) is 13.8. The molecule has 1 heterocycles. The Kier molecular flexibility index (Phi) is 5.37. The van der Waals surface area contributed by atoms with Crippen molar-refractivity contribution in [3.05, 3.63) is 21.6 Å². The molecule has 0 aromatic rings. The van der Waals surface area contributed by atoms with Gasteiger partial charge >= 0.3 is 0 Å². The van der Waals surface area contributed by atoms with Gasteiger partial charge in [-0.1, -0.05) is 42.5 Å². The van der Waals surface area contributed by atoms with E-state index in [9.17, 15) is 14.4 Å². The minimum absolute atomic E-state index is 0.270. The molecule has 1 spiro atoms. The van der Waals surface area contributed by atoms with E-state index in [4.69, 9.17) is 33.4 Å². The van der Waals surface area contributed by atoms with Gasteiger partial charge in [0.2, 0.25) is 17.5 Å². The van der Waals surface area contributed by atoms with E-state index in [1.165, 1.54) is 32.1 Å². The highest BCUT2D eigenvalue weighted by Crippen LogP contribution is 2.41. The summed E-state index contributed by atoms with van der Waals surface area (Å²) in [6.07, 6.45) is 7.37.